The summed E-state index contributed by atoms with van der Waals surface area (Å²) in [6, 6.07) is 3.87. The molecule has 1 atom stereocenters. The van der Waals surface area contributed by atoms with Crippen molar-refractivity contribution < 1.29 is 9.15 Å². The fourth-order valence-electron chi connectivity index (χ4n) is 2.26. The Morgan fingerprint density at radius 1 is 1.45 bits per heavy atom. The molecule has 1 aromatic rings. The van der Waals surface area contributed by atoms with Crippen LogP contribution in [0.1, 0.15) is 25.5 Å². The Morgan fingerprint density at radius 2 is 2.30 bits per heavy atom. The summed E-state index contributed by atoms with van der Waals surface area (Å²) in [7, 11) is 1.77. The summed E-state index contributed by atoms with van der Waals surface area (Å²) in [5.41, 5.74) is -0.0660. The van der Waals surface area contributed by atoms with Gasteiger partial charge in [0, 0.05) is 33.2 Å². The highest BCUT2D eigenvalue weighted by atomic mass is 79.9. The maximum absolute atomic E-state index is 5.75. The lowest BCUT2D eigenvalue weighted by molar-refractivity contribution is 0.0243. The second-order valence-corrected chi connectivity index (χ2v) is 5.99. The zero-order valence-corrected chi connectivity index (χ0v) is 13.6. The summed E-state index contributed by atoms with van der Waals surface area (Å²) >= 11 is 3.30. The number of guanidine groups is 1. The van der Waals surface area contributed by atoms with E-state index in [1.807, 2.05) is 12.1 Å². The molecule has 0 aliphatic carbocycles. The zero-order chi connectivity index (χ0) is 14.4. The van der Waals surface area contributed by atoms with E-state index in [0.717, 1.165) is 55.3 Å². The molecule has 112 valence electrons. The SMILES string of the molecule is CN=C(NCCc1ccc(Br)o1)NCC1(C)CCCO1. The van der Waals surface area contributed by atoms with Crippen LogP contribution >= 0.6 is 15.9 Å². The van der Waals surface area contributed by atoms with Gasteiger partial charge in [-0.3, -0.25) is 4.99 Å². The van der Waals surface area contributed by atoms with Crippen molar-refractivity contribution in [1.82, 2.24) is 10.6 Å². The molecule has 1 saturated heterocycles. The first-order valence-corrected chi connectivity index (χ1v) is 7.73. The van der Waals surface area contributed by atoms with E-state index in [4.69, 9.17) is 9.15 Å². The van der Waals surface area contributed by atoms with Gasteiger partial charge in [-0.05, 0) is 47.8 Å². The quantitative estimate of drug-likeness (QED) is 0.636. The molecular weight excluding hydrogens is 322 g/mol. The number of aliphatic imine (C=N–C) groups is 1. The van der Waals surface area contributed by atoms with Crippen LogP contribution in [-0.4, -0.2) is 38.3 Å². The number of hydrogen-bond acceptors (Lipinski definition) is 3. The van der Waals surface area contributed by atoms with Gasteiger partial charge in [0.05, 0.1) is 5.60 Å². The van der Waals surface area contributed by atoms with Crippen molar-refractivity contribution in [3.8, 4) is 0 Å². The van der Waals surface area contributed by atoms with Crippen LogP contribution in [0, 0.1) is 0 Å². The van der Waals surface area contributed by atoms with Crippen LogP contribution in [0.4, 0.5) is 0 Å². The van der Waals surface area contributed by atoms with E-state index >= 15 is 0 Å². The van der Waals surface area contributed by atoms with Gasteiger partial charge in [0.1, 0.15) is 5.76 Å². The maximum Gasteiger partial charge on any atom is 0.191 e. The van der Waals surface area contributed by atoms with E-state index in [2.05, 4.69) is 38.5 Å². The highest BCUT2D eigenvalue weighted by Gasteiger charge is 2.29. The minimum atomic E-state index is -0.0660. The smallest absolute Gasteiger partial charge is 0.191 e. The lowest BCUT2D eigenvalue weighted by Gasteiger charge is -2.24. The van der Waals surface area contributed by atoms with Gasteiger partial charge in [-0.15, -0.1) is 0 Å². The monoisotopic (exact) mass is 343 g/mol. The Kier molecular flexibility index (Phi) is 5.48. The summed E-state index contributed by atoms with van der Waals surface area (Å²) in [4.78, 5) is 4.22. The number of nitrogens with zero attached hydrogens (tertiary/aromatic N) is 1. The Balaban J connectivity index is 1.70. The first kappa shape index (κ1) is 15.4. The average molecular weight is 344 g/mol. The number of hydrogen-bond donors (Lipinski definition) is 2. The molecule has 2 rings (SSSR count). The van der Waals surface area contributed by atoms with E-state index in [1.54, 1.807) is 7.05 Å². The Morgan fingerprint density at radius 3 is 2.90 bits per heavy atom. The Bertz CT molecular complexity index is 453. The van der Waals surface area contributed by atoms with E-state index < -0.39 is 0 Å². The number of ether oxygens (including phenoxy) is 1. The molecule has 0 spiro atoms. The molecule has 6 heteroatoms. The summed E-state index contributed by atoms with van der Waals surface area (Å²) in [5, 5.41) is 6.59. The first-order valence-electron chi connectivity index (χ1n) is 6.94. The Labute approximate surface area is 128 Å². The van der Waals surface area contributed by atoms with Crippen LogP contribution in [0.3, 0.4) is 0 Å². The summed E-state index contributed by atoms with van der Waals surface area (Å²) in [6.45, 7) is 4.55. The van der Waals surface area contributed by atoms with Gasteiger partial charge in [-0.2, -0.15) is 0 Å². The molecule has 2 heterocycles. The van der Waals surface area contributed by atoms with E-state index in [1.165, 1.54) is 0 Å². The predicted molar refractivity (Wildman–Crippen MR) is 83.1 cm³/mol. The van der Waals surface area contributed by atoms with Crippen LogP contribution in [-0.2, 0) is 11.2 Å². The van der Waals surface area contributed by atoms with Crippen molar-refractivity contribution in [2.75, 3.05) is 26.7 Å². The van der Waals surface area contributed by atoms with Crippen molar-refractivity contribution in [2.24, 2.45) is 4.99 Å². The van der Waals surface area contributed by atoms with Crippen LogP contribution < -0.4 is 10.6 Å². The second kappa shape index (κ2) is 7.13. The third-order valence-electron chi connectivity index (χ3n) is 3.45. The minimum absolute atomic E-state index is 0.0660. The number of nitrogens with one attached hydrogen (secondary N) is 2. The molecule has 1 fully saturated rings. The molecular formula is C14H22BrN3O2. The summed E-state index contributed by atoms with van der Waals surface area (Å²) in [5.74, 6) is 1.75. The lowest BCUT2D eigenvalue weighted by Crippen LogP contribution is -2.45. The molecule has 0 amide bonds. The Hall–Kier alpha value is -1.01. The molecule has 1 aromatic heterocycles. The summed E-state index contributed by atoms with van der Waals surface area (Å²) < 4.78 is 12.0. The standard InChI is InChI=1S/C14H22BrN3O2/c1-14(7-3-9-19-14)10-18-13(16-2)17-8-6-11-4-5-12(15)20-11/h4-5H,3,6-10H2,1-2H3,(H2,16,17,18). The zero-order valence-electron chi connectivity index (χ0n) is 12.0. The van der Waals surface area contributed by atoms with Gasteiger partial charge in [0.25, 0.3) is 0 Å². The number of halogens is 1. The van der Waals surface area contributed by atoms with Gasteiger partial charge in [0.15, 0.2) is 10.6 Å². The van der Waals surface area contributed by atoms with E-state index in [-0.39, 0.29) is 5.60 Å². The van der Waals surface area contributed by atoms with Crippen LogP contribution in [0.5, 0.6) is 0 Å². The van der Waals surface area contributed by atoms with Crippen LogP contribution in [0.2, 0.25) is 0 Å². The molecule has 0 saturated carbocycles. The van der Waals surface area contributed by atoms with Crippen molar-refractivity contribution in [3.63, 3.8) is 0 Å². The number of rotatable bonds is 5. The molecule has 1 unspecified atom stereocenters. The third kappa shape index (κ3) is 4.52. The van der Waals surface area contributed by atoms with E-state index in [9.17, 15) is 0 Å². The molecule has 0 radical (unpaired) electrons. The third-order valence-corrected chi connectivity index (χ3v) is 3.87. The fourth-order valence-corrected chi connectivity index (χ4v) is 2.60. The van der Waals surface area contributed by atoms with Gasteiger partial charge in [-0.25, -0.2) is 0 Å². The largest absolute Gasteiger partial charge is 0.454 e. The van der Waals surface area contributed by atoms with Crippen molar-refractivity contribution in [2.45, 2.75) is 31.8 Å². The minimum Gasteiger partial charge on any atom is -0.454 e. The average Bonchev–Trinajstić information content (AvgIpc) is 3.03. The van der Waals surface area contributed by atoms with Gasteiger partial charge in [0.2, 0.25) is 0 Å². The fraction of sp³-hybridized carbons (Fsp3) is 0.643. The molecule has 20 heavy (non-hydrogen) atoms. The van der Waals surface area contributed by atoms with Gasteiger partial charge < -0.3 is 19.8 Å². The van der Waals surface area contributed by atoms with Crippen molar-refractivity contribution >= 4 is 21.9 Å². The van der Waals surface area contributed by atoms with Crippen molar-refractivity contribution in [1.29, 1.82) is 0 Å². The highest BCUT2D eigenvalue weighted by Crippen LogP contribution is 2.23. The molecule has 1 aliphatic heterocycles. The van der Waals surface area contributed by atoms with Gasteiger partial charge >= 0.3 is 0 Å². The lowest BCUT2D eigenvalue weighted by atomic mass is 10.0. The first-order chi connectivity index (χ1) is 9.61. The maximum atomic E-state index is 5.75. The molecule has 5 nitrogen and oxygen atoms in total. The van der Waals surface area contributed by atoms with E-state index in [0.29, 0.717) is 0 Å². The van der Waals surface area contributed by atoms with Gasteiger partial charge in [-0.1, -0.05) is 0 Å². The van der Waals surface area contributed by atoms with Crippen LogP contribution in [0.25, 0.3) is 0 Å². The summed E-state index contributed by atoms with van der Waals surface area (Å²) in [6.07, 6.45) is 3.05. The number of furan rings is 1. The molecule has 0 aromatic carbocycles. The molecule has 2 N–H and O–H groups in total. The van der Waals surface area contributed by atoms with Crippen molar-refractivity contribution in [3.05, 3.63) is 22.6 Å². The molecule has 1 aliphatic rings. The molecule has 0 bridgehead atoms. The topological polar surface area (TPSA) is 58.8 Å². The highest BCUT2D eigenvalue weighted by molar-refractivity contribution is 9.10. The second-order valence-electron chi connectivity index (χ2n) is 5.21. The normalized spacial score (nSPS) is 23.1. The predicted octanol–water partition coefficient (Wildman–Crippen LogP) is 2.32. The van der Waals surface area contributed by atoms with Crippen LogP contribution in [0.15, 0.2) is 26.2 Å².